The molecule has 244 valence electrons. The molecule has 0 spiro atoms. The first kappa shape index (κ1) is 32.7. The number of anilines is 1. The molecule has 4 atom stereocenters. The van der Waals surface area contributed by atoms with Crippen molar-refractivity contribution in [2.45, 2.75) is 59.3 Å². The van der Waals surface area contributed by atoms with Crippen LogP contribution >= 0.6 is 0 Å². The normalized spacial score (nSPS) is 20.1. The summed E-state index contributed by atoms with van der Waals surface area (Å²) in [5, 5.41) is 7.71. The molecule has 1 aliphatic heterocycles. The monoisotopic (exact) mass is 636 g/mol. The van der Waals surface area contributed by atoms with Crippen molar-refractivity contribution in [1.29, 1.82) is 0 Å². The van der Waals surface area contributed by atoms with Crippen LogP contribution in [0.2, 0.25) is 0 Å². The van der Waals surface area contributed by atoms with Crippen molar-refractivity contribution >= 4 is 40.7 Å². The van der Waals surface area contributed by atoms with Crippen LogP contribution < -0.4 is 10.7 Å². The predicted molar refractivity (Wildman–Crippen MR) is 198 cm³/mol. The maximum atomic E-state index is 12.7. The Bertz CT molecular complexity index is 2020. The number of benzene rings is 4. The minimum absolute atomic E-state index is 0.00753. The SMILES string of the molecule is C/C=C/c1ccccc1C.Cc1ccccc1C1CC1C.Cc1ccccc1C1CC1C(=O)Nc1cc2c3c(c[nH]c3c1)C=NNC2=O. The first-order valence-corrected chi connectivity index (χ1v) is 16.8. The van der Waals surface area contributed by atoms with Gasteiger partial charge in [-0.15, -0.1) is 0 Å². The van der Waals surface area contributed by atoms with E-state index in [1.165, 1.54) is 34.2 Å². The summed E-state index contributed by atoms with van der Waals surface area (Å²) in [4.78, 5) is 28.2. The van der Waals surface area contributed by atoms with E-state index in [-0.39, 0.29) is 23.7 Å². The topological polar surface area (TPSA) is 86.3 Å². The van der Waals surface area contributed by atoms with E-state index in [4.69, 9.17) is 0 Å². The summed E-state index contributed by atoms with van der Waals surface area (Å²) in [6.07, 6.45) is 9.84. The lowest BCUT2D eigenvalue weighted by atomic mass is 10.0. The highest BCUT2D eigenvalue weighted by Gasteiger charge is 2.44. The van der Waals surface area contributed by atoms with E-state index in [2.05, 4.69) is 121 Å². The van der Waals surface area contributed by atoms with E-state index in [0.29, 0.717) is 11.3 Å². The van der Waals surface area contributed by atoms with Crippen molar-refractivity contribution in [3.8, 4) is 0 Å². The van der Waals surface area contributed by atoms with E-state index < -0.39 is 0 Å². The van der Waals surface area contributed by atoms with E-state index in [9.17, 15) is 9.59 Å². The van der Waals surface area contributed by atoms with E-state index in [1.54, 1.807) is 24.0 Å². The highest BCUT2D eigenvalue weighted by molar-refractivity contribution is 6.15. The van der Waals surface area contributed by atoms with Crippen LogP contribution in [-0.4, -0.2) is 23.0 Å². The second-order valence-electron chi connectivity index (χ2n) is 13.2. The summed E-state index contributed by atoms with van der Waals surface area (Å²) in [5.74, 6) is 1.75. The van der Waals surface area contributed by atoms with Gasteiger partial charge >= 0.3 is 0 Å². The van der Waals surface area contributed by atoms with E-state index >= 15 is 0 Å². The van der Waals surface area contributed by atoms with Gasteiger partial charge < -0.3 is 10.3 Å². The average Bonchev–Trinajstić information content (AvgIpc) is 4.00. The Balaban J connectivity index is 0.000000156. The number of amides is 2. The quantitative estimate of drug-likeness (QED) is 0.180. The summed E-state index contributed by atoms with van der Waals surface area (Å²) < 4.78 is 0. The second-order valence-corrected chi connectivity index (χ2v) is 13.2. The van der Waals surface area contributed by atoms with Gasteiger partial charge in [0.05, 0.1) is 11.8 Å². The van der Waals surface area contributed by atoms with E-state index in [0.717, 1.165) is 34.7 Å². The molecule has 1 aromatic heterocycles. The Hall–Kier alpha value is -5.23. The standard InChI is InChI=1S/C21H18N4O2.C11H14.C10H12/c1-11-4-2-3-5-14(11)15-8-16(15)20(26)24-13-6-17-19-12(9-22-18(19)7-13)10-23-25-21(17)27;1-8-5-3-4-6-10(8)11-7-9(11)2;1-3-6-10-8-5-4-7-9(10)2/h2-7,9-10,15-16,22H,8H2,1H3,(H,24,26)(H,25,27);3-6,9,11H,7H2,1-2H3;3-8H,1-2H3/b;;6-3+. The van der Waals surface area contributed by atoms with Crippen LogP contribution in [0.5, 0.6) is 0 Å². The number of aryl methyl sites for hydroxylation is 3. The molecule has 2 amide bonds. The number of aromatic amines is 1. The third kappa shape index (κ3) is 7.33. The number of nitrogens with zero attached hydrogens (tertiary/aromatic N) is 1. The molecule has 2 saturated carbocycles. The average molecular weight is 637 g/mol. The summed E-state index contributed by atoms with van der Waals surface area (Å²) in [6, 6.07) is 28.9. The molecule has 3 aliphatic rings. The fourth-order valence-corrected chi connectivity index (χ4v) is 6.65. The number of hydrogen-bond donors (Lipinski definition) is 3. The molecule has 2 heterocycles. The summed E-state index contributed by atoms with van der Waals surface area (Å²) in [7, 11) is 0. The number of hydrogen-bond acceptors (Lipinski definition) is 3. The predicted octanol–water partition coefficient (Wildman–Crippen LogP) is 9.44. The van der Waals surface area contributed by atoms with Gasteiger partial charge in [0.2, 0.25) is 5.91 Å². The molecule has 4 aromatic carbocycles. The second kappa shape index (κ2) is 14.3. The number of aromatic nitrogens is 1. The first-order valence-electron chi connectivity index (χ1n) is 16.8. The Morgan fingerprint density at radius 2 is 1.48 bits per heavy atom. The van der Waals surface area contributed by atoms with Gasteiger partial charge in [0, 0.05) is 34.3 Å². The third-order valence-corrected chi connectivity index (χ3v) is 9.64. The minimum Gasteiger partial charge on any atom is -0.360 e. The molecule has 0 saturated heterocycles. The first-order chi connectivity index (χ1) is 23.2. The lowest BCUT2D eigenvalue weighted by molar-refractivity contribution is -0.117. The van der Waals surface area contributed by atoms with Gasteiger partial charge in [0.1, 0.15) is 0 Å². The Morgan fingerprint density at radius 1 is 0.854 bits per heavy atom. The van der Waals surface area contributed by atoms with Crippen LogP contribution in [0.3, 0.4) is 0 Å². The smallest absolute Gasteiger partial charge is 0.272 e. The molecule has 2 fully saturated rings. The van der Waals surface area contributed by atoms with Crippen molar-refractivity contribution in [2.24, 2.45) is 16.9 Å². The maximum absolute atomic E-state index is 12.7. The summed E-state index contributed by atoms with van der Waals surface area (Å²) in [6.45, 7) is 10.8. The number of nitrogens with one attached hydrogen (secondary N) is 3. The highest BCUT2D eigenvalue weighted by Crippen LogP contribution is 2.49. The van der Waals surface area contributed by atoms with Crippen LogP contribution in [0.15, 0.2) is 102 Å². The number of carbonyl (C=O) groups excluding carboxylic acids is 2. The number of H-pyrrole nitrogens is 1. The zero-order chi connectivity index (χ0) is 33.8. The molecular weight excluding hydrogens is 592 g/mol. The molecular formula is C42H44N4O2. The Morgan fingerprint density at radius 3 is 2.10 bits per heavy atom. The Labute approximate surface area is 283 Å². The fourth-order valence-electron chi connectivity index (χ4n) is 6.65. The number of hydrazone groups is 1. The largest absolute Gasteiger partial charge is 0.360 e. The highest BCUT2D eigenvalue weighted by atomic mass is 16.2. The number of rotatable bonds is 5. The molecule has 6 nitrogen and oxygen atoms in total. The molecule has 5 aromatic rings. The van der Waals surface area contributed by atoms with Crippen LogP contribution in [0, 0.1) is 32.6 Å². The van der Waals surface area contributed by atoms with Crippen LogP contribution in [0.4, 0.5) is 5.69 Å². The van der Waals surface area contributed by atoms with Crippen molar-refractivity contribution in [1.82, 2.24) is 10.4 Å². The zero-order valence-corrected chi connectivity index (χ0v) is 28.4. The lowest BCUT2D eigenvalue weighted by Crippen LogP contribution is -2.18. The number of allylic oxidation sites excluding steroid dienone is 1. The van der Waals surface area contributed by atoms with Gasteiger partial charge in [-0.1, -0.05) is 91.9 Å². The van der Waals surface area contributed by atoms with Gasteiger partial charge in [-0.3, -0.25) is 9.59 Å². The molecule has 0 radical (unpaired) electrons. The summed E-state index contributed by atoms with van der Waals surface area (Å²) in [5.41, 5.74) is 13.4. The molecule has 6 heteroatoms. The molecule has 0 bridgehead atoms. The van der Waals surface area contributed by atoms with Crippen LogP contribution in [-0.2, 0) is 4.79 Å². The van der Waals surface area contributed by atoms with Crippen molar-refractivity contribution in [3.05, 3.63) is 142 Å². The third-order valence-electron chi connectivity index (χ3n) is 9.64. The molecule has 2 aliphatic carbocycles. The molecule has 48 heavy (non-hydrogen) atoms. The molecule has 8 rings (SSSR count). The van der Waals surface area contributed by atoms with Crippen LogP contribution in [0.25, 0.3) is 17.0 Å². The van der Waals surface area contributed by atoms with Crippen molar-refractivity contribution < 1.29 is 9.59 Å². The van der Waals surface area contributed by atoms with Crippen molar-refractivity contribution in [3.63, 3.8) is 0 Å². The van der Waals surface area contributed by atoms with Gasteiger partial charge in [-0.25, -0.2) is 5.43 Å². The number of carbonyl (C=O) groups is 2. The van der Waals surface area contributed by atoms with Crippen molar-refractivity contribution in [2.75, 3.05) is 5.32 Å². The van der Waals surface area contributed by atoms with Gasteiger partial charge in [0.15, 0.2) is 0 Å². The fraction of sp³-hybridized carbons (Fsp3) is 0.262. The maximum Gasteiger partial charge on any atom is 0.272 e. The van der Waals surface area contributed by atoms with Gasteiger partial charge in [-0.05, 0) is 104 Å². The molecule has 4 unspecified atom stereocenters. The lowest BCUT2D eigenvalue weighted by Gasteiger charge is -2.09. The molecule has 3 N–H and O–H groups in total. The Kier molecular flexibility index (Phi) is 9.72. The summed E-state index contributed by atoms with van der Waals surface area (Å²) >= 11 is 0. The van der Waals surface area contributed by atoms with Gasteiger partial charge in [-0.2, -0.15) is 5.10 Å². The van der Waals surface area contributed by atoms with Gasteiger partial charge in [0.25, 0.3) is 5.91 Å². The minimum atomic E-state index is -0.282. The zero-order valence-electron chi connectivity index (χ0n) is 28.4. The van der Waals surface area contributed by atoms with Crippen LogP contribution in [0.1, 0.15) is 87.8 Å². The van der Waals surface area contributed by atoms with E-state index in [1.807, 2.05) is 25.1 Å².